The van der Waals surface area contributed by atoms with Gasteiger partial charge in [-0.3, -0.25) is 4.79 Å². The van der Waals surface area contributed by atoms with Gasteiger partial charge in [0, 0.05) is 23.2 Å². The van der Waals surface area contributed by atoms with Crippen LogP contribution in [-0.2, 0) is 6.54 Å². The van der Waals surface area contributed by atoms with Crippen LogP contribution < -0.4 is 4.74 Å². The van der Waals surface area contributed by atoms with Gasteiger partial charge >= 0.3 is 0 Å². The van der Waals surface area contributed by atoms with Gasteiger partial charge in [-0.1, -0.05) is 68.4 Å². The van der Waals surface area contributed by atoms with Gasteiger partial charge in [0.1, 0.15) is 11.9 Å². The van der Waals surface area contributed by atoms with Crippen molar-refractivity contribution >= 4 is 27.5 Å². The second kappa shape index (κ2) is 7.86. The first-order chi connectivity index (χ1) is 15.1. The van der Waals surface area contributed by atoms with Crippen LogP contribution in [0.15, 0.2) is 60.7 Å². The van der Waals surface area contributed by atoms with E-state index in [4.69, 9.17) is 4.74 Å². The van der Waals surface area contributed by atoms with Crippen LogP contribution >= 0.6 is 0 Å². The Labute approximate surface area is 183 Å². The number of benzene rings is 3. The minimum atomic E-state index is 0.0737. The van der Waals surface area contributed by atoms with Crippen molar-refractivity contribution in [2.75, 3.05) is 19.6 Å². The van der Waals surface area contributed by atoms with Crippen LogP contribution in [-0.4, -0.2) is 41.0 Å². The molecule has 0 radical (unpaired) electrons. The maximum atomic E-state index is 13.8. The number of nitrogens with zero attached hydrogens (tertiary/aromatic N) is 2. The van der Waals surface area contributed by atoms with Crippen LogP contribution in [0, 0.1) is 6.92 Å². The molecule has 0 saturated heterocycles. The molecule has 4 aromatic rings. The molecule has 0 saturated carbocycles. The first-order valence-electron chi connectivity index (χ1n) is 11.2. The van der Waals surface area contributed by atoms with Crippen molar-refractivity contribution in [2.45, 2.75) is 33.4 Å². The number of carbonyl (C=O) groups is 1. The minimum Gasteiger partial charge on any atom is -0.485 e. The van der Waals surface area contributed by atoms with Crippen molar-refractivity contribution in [1.82, 2.24) is 9.47 Å². The summed E-state index contributed by atoms with van der Waals surface area (Å²) < 4.78 is 8.68. The highest BCUT2D eigenvalue weighted by atomic mass is 16.5. The Morgan fingerprint density at radius 1 is 1.00 bits per heavy atom. The zero-order chi connectivity index (χ0) is 21.5. The highest BCUT2D eigenvalue weighted by Crippen LogP contribution is 2.38. The third kappa shape index (κ3) is 3.22. The average molecular weight is 413 g/mol. The second-order valence-electron chi connectivity index (χ2n) is 8.30. The van der Waals surface area contributed by atoms with Crippen LogP contribution in [0.2, 0.25) is 0 Å². The molecule has 1 aliphatic heterocycles. The summed E-state index contributed by atoms with van der Waals surface area (Å²) in [4.78, 5) is 16.2. The van der Waals surface area contributed by atoms with Crippen molar-refractivity contribution in [2.24, 2.45) is 0 Å². The molecule has 3 aromatic carbocycles. The molecule has 158 valence electrons. The second-order valence-corrected chi connectivity index (χ2v) is 8.30. The van der Waals surface area contributed by atoms with E-state index < -0.39 is 0 Å². The van der Waals surface area contributed by atoms with Crippen molar-refractivity contribution in [3.05, 3.63) is 77.5 Å². The number of carbonyl (C=O) groups excluding carboxylic acids is 1. The lowest BCUT2D eigenvalue weighted by atomic mass is 9.95. The predicted molar refractivity (Wildman–Crippen MR) is 126 cm³/mol. The van der Waals surface area contributed by atoms with Gasteiger partial charge in [-0.15, -0.1) is 0 Å². The molecule has 0 aliphatic carbocycles. The largest absolute Gasteiger partial charge is 0.485 e. The number of ketones is 1. The Balaban J connectivity index is 1.62. The van der Waals surface area contributed by atoms with Crippen LogP contribution in [0.5, 0.6) is 5.75 Å². The number of likely N-dealkylation sites (N-methyl/N-ethyl adjacent to an activating group) is 1. The van der Waals surface area contributed by atoms with Gasteiger partial charge in [-0.05, 0) is 36.9 Å². The molecule has 4 heteroatoms. The zero-order valence-electron chi connectivity index (χ0n) is 18.4. The minimum absolute atomic E-state index is 0.0737. The fourth-order valence-electron chi connectivity index (χ4n) is 4.95. The van der Waals surface area contributed by atoms with Crippen LogP contribution in [0.25, 0.3) is 21.7 Å². The van der Waals surface area contributed by atoms with E-state index in [-0.39, 0.29) is 11.9 Å². The Hall–Kier alpha value is -3.11. The standard InChI is InChI=1S/C27H28N2O2/c1-4-28(5-2)16-20-17-29-18(3)25(23-14-9-15-24(31-20)26(23)29)27(30)22-13-8-11-19-10-6-7-12-21(19)22/h6-15,20H,4-5,16-17H2,1-3H3. The molecule has 1 aliphatic rings. The molecule has 1 atom stereocenters. The number of aromatic nitrogens is 1. The van der Waals surface area contributed by atoms with Gasteiger partial charge in [0.05, 0.1) is 17.6 Å². The molecule has 4 nitrogen and oxygen atoms in total. The molecule has 5 rings (SSSR count). The SMILES string of the molecule is CCN(CC)CC1Cn2c(C)c(C(=O)c3cccc4ccccc34)c3cccc(c32)O1. The number of ether oxygens (including phenoxy) is 1. The van der Waals surface area contributed by atoms with Gasteiger partial charge in [0.25, 0.3) is 0 Å². The third-order valence-corrected chi connectivity index (χ3v) is 6.60. The molecule has 0 spiro atoms. The van der Waals surface area contributed by atoms with Crippen molar-refractivity contribution in [1.29, 1.82) is 0 Å². The highest BCUT2D eigenvalue weighted by Gasteiger charge is 2.29. The number of fused-ring (bicyclic) bond motifs is 1. The van der Waals surface area contributed by atoms with E-state index in [1.165, 1.54) is 0 Å². The van der Waals surface area contributed by atoms with E-state index in [0.717, 1.165) is 70.4 Å². The summed E-state index contributed by atoms with van der Waals surface area (Å²) in [5.41, 5.74) is 3.61. The molecule has 31 heavy (non-hydrogen) atoms. The number of rotatable bonds is 6. The lowest BCUT2D eigenvalue weighted by molar-refractivity contribution is 0.103. The lowest BCUT2D eigenvalue weighted by Crippen LogP contribution is -2.39. The molecular weight excluding hydrogens is 384 g/mol. The van der Waals surface area contributed by atoms with E-state index in [1.807, 2.05) is 42.5 Å². The Morgan fingerprint density at radius 2 is 1.71 bits per heavy atom. The van der Waals surface area contributed by atoms with Crippen LogP contribution in [0.4, 0.5) is 0 Å². The highest BCUT2D eigenvalue weighted by molar-refractivity contribution is 6.22. The van der Waals surface area contributed by atoms with Gasteiger partial charge in [-0.25, -0.2) is 0 Å². The lowest BCUT2D eigenvalue weighted by Gasteiger charge is -2.30. The van der Waals surface area contributed by atoms with Gasteiger partial charge in [0.2, 0.25) is 0 Å². The fraction of sp³-hybridized carbons (Fsp3) is 0.296. The molecule has 2 heterocycles. The zero-order valence-corrected chi connectivity index (χ0v) is 18.4. The Bertz CT molecular complexity index is 1280. The summed E-state index contributed by atoms with van der Waals surface area (Å²) in [6.07, 6.45) is 0.0737. The van der Waals surface area contributed by atoms with Crippen LogP contribution in [0.1, 0.15) is 35.5 Å². The molecule has 0 bridgehead atoms. The van der Waals surface area contributed by atoms with Gasteiger partial charge in [0.15, 0.2) is 5.78 Å². The summed E-state index contributed by atoms with van der Waals surface area (Å²) in [5, 5.41) is 3.06. The summed E-state index contributed by atoms with van der Waals surface area (Å²) in [5.74, 6) is 0.957. The average Bonchev–Trinajstić information content (AvgIpc) is 3.09. The van der Waals surface area contributed by atoms with Crippen molar-refractivity contribution in [3.63, 3.8) is 0 Å². The van der Waals surface area contributed by atoms with Crippen molar-refractivity contribution < 1.29 is 9.53 Å². The molecular formula is C27H28N2O2. The topological polar surface area (TPSA) is 34.5 Å². The van der Waals surface area contributed by atoms with Gasteiger partial charge in [-0.2, -0.15) is 0 Å². The third-order valence-electron chi connectivity index (χ3n) is 6.60. The monoisotopic (exact) mass is 412 g/mol. The number of para-hydroxylation sites is 1. The molecule has 1 aromatic heterocycles. The quantitative estimate of drug-likeness (QED) is 0.396. The normalized spacial score (nSPS) is 15.5. The smallest absolute Gasteiger partial charge is 0.196 e. The van der Waals surface area contributed by atoms with E-state index in [1.54, 1.807) is 0 Å². The van der Waals surface area contributed by atoms with Gasteiger partial charge < -0.3 is 14.2 Å². The number of hydrogen-bond acceptors (Lipinski definition) is 3. The van der Waals surface area contributed by atoms with Crippen molar-refractivity contribution in [3.8, 4) is 5.75 Å². The molecule has 0 fully saturated rings. The molecule has 0 amide bonds. The Morgan fingerprint density at radius 3 is 2.52 bits per heavy atom. The molecule has 0 N–H and O–H groups in total. The van der Waals surface area contributed by atoms with E-state index in [9.17, 15) is 4.79 Å². The summed E-state index contributed by atoms with van der Waals surface area (Å²) in [6.45, 7) is 10.1. The predicted octanol–water partition coefficient (Wildman–Crippen LogP) is 5.44. The molecule has 1 unspecified atom stereocenters. The van der Waals surface area contributed by atoms with E-state index in [0.29, 0.717) is 0 Å². The summed E-state index contributed by atoms with van der Waals surface area (Å²) >= 11 is 0. The fourth-order valence-corrected chi connectivity index (χ4v) is 4.95. The summed E-state index contributed by atoms with van der Waals surface area (Å²) in [6, 6.07) is 20.1. The van der Waals surface area contributed by atoms with E-state index >= 15 is 0 Å². The first kappa shape index (κ1) is 19.8. The first-order valence-corrected chi connectivity index (χ1v) is 11.2. The maximum Gasteiger partial charge on any atom is 0.196 e. The van der Waals surface area contributed by atoms with Crippen LogP contribution in [0.3, 0.4) is 0 Å². The Kier molecular flexibility index (Phi) is 5.03. The van der Waals surface area contributed by atoms with E-state index in [2.05, 4.69) is 48.4 Å². The summed E-state index contributed by atoms with van der Waals surface area (Å²) in [7, 11) is 0. The number of hydrogen-bond donors (Lipinski definition) is 0. The maximum absolute atomic E-state index is 13.8.